The van der Waals surface area contributed by atoms with E-state index in [1.165, 1.54) is 4.90 Å². The second kappa shape index (κ2) is 5.55. The summed E-state index contributed by atoms with van der Waals surface area (Å²) in [6.07, 6.45) is 3.37. The van der Waals surface area contributed by atoms with Gasteiger partial charge in [0, 0.05) is 19.4 Å². The fourth-order valence-electron chi connectivity index (χ4n) is 1.45. The molecule has 2 amide bonds. The van der Waals surface area contributed by atoms with Crippen LogP contribution in [0.2, 0.25) is 5.02 Å². The van der Waals surface area contributed by atoms with Gasteiger partial charge in [-0.05, 0) is 12.1 Å². The SMILES string of the molecule is CN(Cc1ncc[nH]1)C(=O)Nc1ccccc1Cl. The number of nitrogens with one attached hydrogen (secondary N) is 2. The molecule has 1 heterocycles. The summed E-state index contributed by atoms with van der Waals surface area (Å²) >= 11 is 5.96. The number of halogens is 1. The van der Waals surface area contributed by atoms with Gasteiger partial charge in [-0.1, -0.05) is 23.7 Å². The summed E-state index contributed by atoms with van der Waals surface area (Å²) in [6, 6.07) is 6.86. The van der Waals surface area contributed by atoms with Crippen molar-refractivity contribution < 1.29 is 4.79 Å². The van der Waals surface area contributed by atoms with Crippen molar-refractivity contribution in [2.24, 2.45) is 0 Å². The lowest BCUT2D eigenvalue weighted by molar-refractivity contribution is 0.219. The number of carbonyl (C=O) groups is 1. The number of nitrogens with zero attached hydrogens (tertiary/aromatic N) is 2. The minimum atomic E-state index is -0.237. The minimum absolute atomic E-state index is 0.237. The van der Waals surface area contributed by atoms with Gasteiger partial charge in [0.25, 0.3) is 0 Å². The quantitative estimate of drug-likeness (QED) is 0.895. The summed E-state index contributed by atoms with van der Waals surface area (Å²) in [5, 5.41) is 3.25. The standard InChI is InChI=1S/C12H13ClN4O/c1-17(8-11-14-6-7-15-11)12(18)16-10-5-3-2-4-9(10)13/h2-7H,8H2,1H3,(H,14,15)(H,16,18). The van der Waals surface area contributed by atoms with E-state index in [4.69, 9.17) is 11.6 Å². The molecule has 0 atom stereocenters. The molecule has 0 fully saturated rings. The number of hydrogen-bond donors (Lipinski definition) is 2. The number of benzene rings is 1. The van der Waals surface area contributed by atoms with Crippen LogP contribution in [-0.2, 0) is 6.54 Å². The molecule has 0 radical (unpaired) electrons. The van der Waals surface area contributed by atoms with Crippen LogP contribution in [-0.4, -0.2) is 27.9 Å². The van der Waals surface area contributed by atoms with Crippen LogP contribution in [0.25, 0.3) is 0 Å². The molecule has 0 aliphatic rings. The summed E-state index contributed by atoms with van der Waals surface area (Å²) in [5.74, 6) is 0.729. The highest BCUT2D eigenvalue weighted by atomic mass is 35.5. The van der Waals surface area contributed by atoms with Crippen molar-refractivity contribution in [2.45, 2.75) is 6.54 Å². The largest absolute Gasteiger partial charge is 0.347 e. The smallest absolute Gasteiger partial charge is 0.322 e. The van der Waals surface area contributed by atoms with E-state index in [0.29, 0.717) is 17.3 Å². The van der Waals surface area contributed by atoms with Crippen LogP contribution in [0.5, 0.6) is 0 Å². The number of urea groups is 1. The van der Waals surface area contributed by atoms with Gasteiger partial charge in [0.05, 0.1) is 17.3 Å². The maximum atomic E-state index is 11.9. The van der Waals surface area contributed by atoms with Gasteiger partial charge in [-0.3, -0.25) is 0 Å². The van der Waals surface area contributed by atoms with Crippen LogP contribution in [0.1, 0.15) is 5.82 Å². The lowest BCUT2D eigenvalue weighted by atomic mass is 10.3. The zero-order chi connectivity index (χ0) is 13.0. The van der Waals surface area contributed by atoms with Crippen LogP contribution in [0.3, 0.4) is 0 Å². The highest BCUT2D eigenvalue weighted by Crippen LogP contribution is 2.20. The van der Waals surface area contributed by atoms with Gasteiger partial charge in [0.15, 0.2) is 0 Å². The Hall–Kier alpha value is -2.01. The number of H-pyrrole nitrogens is 1. The first kappa shape index (κ1) is 12.4. The number of carbonyl (C=O) groups excluding carboxylic acids is 1. The van der Waals surface area contributed by atoms with Crippen molar-refractivity contribution in [1.29, 1.82) is 0 Å². The number of anilines is 1. The molecule has 0 aliphatic heterocycles. The van der Waals surface area contributed by atoms with E-state index in [2.05, 4.69) is 15.3 Å². The molecule has 2 N–H and O–H groups in total. The van der Waals surface area contributed by atoms with Crippen LogP contribution in [0.15, 0.2) is 36.7 Å². The van der Waals surface area contributed by atoms with E-state index >= 15 is 0 Å². The molecule has 1 aromatic carbocycles. The number of para-hydroxylation sites is 1. The van der Waals surface area contributed by atoms with E-state index in [-0.39, 0.29) is 6.03 Å². The van der Waals surface area contributed by atoms with Crippen molar-refractivity contribution in [1.82, 2.24) is 14.9 Å². The van der Waals surface area contributed by atoms with E-state index < -0.39 is 0 Å². The number of amides is 2. The first-order valence-electron chi connectivity index (χ1n) is 5.41. The number of aromatic nitrogens is 2. The molecule has 0 spiro atoms. The second-order valence-corrected chi connectivity index (χ2v) is 4.21. The molecule has 0 saturated heterocycles. The summed E-state index contributed by atoms with van der Waals surface area (Å²) in [7, 11) is 1.69. The summed E-state index contributed by atoms with van der Waals surface area (Å²) < 4.78 is 0. The summed E-state index contributed by atoms with van der Waals surface area (Å²) in [4.78, 5) is 20.4. The van der Waals surface area contributed by atoms with Crippen molar-refractivity contribution >= 4 is 23.3 Å². The van der Waals surface area contributed by atoms with Crippen molar-refractivity contribution in [2.75, 3.05) is 12.4 Å². The number of aromatic amines is 1. The molecule has 18 heavy (non-hydrogen) atoms. The van der Waals surface area contributed by atoms with Crippen LogP contribution >= 0.6 is 11.6 Å². The predicted octanol–water partition coefficient (Wildman–Crippen LogP) is 2.73. The third-order valence-corrected chi connectivity index (χ3v) is 2.73. The second-order valence-electron chi connectivity index (χ2n) is 3.80. The van der Waals surface area contributed by atoms with Gasteiger partial charge >= 0.3 is 6.03 Å². The Morgan fingerprint density at radius 3 is 2.94 bits per heavy atom. The van der Waals surface area contributed by atoms with Crippen LogP contribution in [0.4, 0.5) is 10.5 Å². The molecule has 6 heteroatoms. The Morgan fingerprint density at radius 1 is 1.50 bits per heavy atom. The van der Waals surface area contributed by atoms with Gasteiger partial charge in [-0.25, -0.2) is 9.78 Å². The van der Waals surface area contributed by atoms with Crippen molar-refractivity contribution in [3.05, 3.63) is 47.5 Å². The normalized spacial score (nSPS) is 10.1. The van der Waals surface area contributed by atoms with Gasteiger partial charge in [-0.15, -0.1) is 0 Å². The zero-order valence-electron chi connectivity index (χ0n) is 9.85. The molecule has 0 unspecified atom stereocenters. The third kappa shape index (κ3) is 3.01. The summed E-state index contributed by atoms with van der Waals surface area (Å²) in [5.41, 5.74) is 0.593. The summed E-state index contributed by atoms with van der Waals surface area (Å²) in [6.45, 7) is 0.406. The highest BCUT2D eigenvalue weighted by molar-refractivity contribution is 6.33. The maximum Gasteiger partial charge on any atom is 0.322 e. The van der Waals surface area contributed by atoms with E-state index in [0.717, 1.165) is 5.82 Å². The third-order valence-electron chi connectivity index (χ3n) is 2.40. The number of imidazole rings is 1. The van der Waals surface area contributed by atoms with Crippen LogP contribution in [0, 0.1) is 0 Å². The molecule has 0 saturated carbocycles. The van der Waals surface area contributed by atoms with E-state index in [9.17, 15) is 4.79 Å². The number of rotatable bonds is 3. The fourth-order valence-corrected chi connectivity index (χ4v) is 1.64. The molecule has 5 nitrogen and oxygen atoms in total. The Balaban J connectivity index is 1.98. The first-order valence-corrected chi connectivity index (χ1v) is 5.79. The van der Waals surface area contributed by atoms with Gasteiger partial charge < -0.3 is 15.2 Å². The highest BCUT2D eigenvalue weighted by Gasteiger charge is 2.11. The molecule has 2 aromatic rings. The molecule has 1 aromatic heterocycles. The molecule has 2 rings (SSSR count). The molecular formula is C12H13ClN4O. The van der Waals surface area contributed by atoms with Crippen LogP contribution < -0.4 is 5.32 Å². The molecule has 94 valence electrons. The maximum absolute atomic E-state index is 11.9. The Bertz CT molecular complexity index is 527. The first-order chi connectivity index (χ1) is 8.66. The van der Waals surface area contributed by atoms with E-state index in [1.807, 2.05) is 12.1 Å². The Morgan fingerprint density at radius 2 is 2.28 bits per heavy atom. The monoisotopic (exact) mass is 264 g/mol. The topological polar surface area (TPSA) is 61.0 Å². The zero-order valence-corrected chi connectivity index (χ0v) is 10.6. The van der Waals surface area contributed by atoms with Gasteiger partial charge in [0.2, 0.25) is 0 Å². The minimum Gasteiger partial charge on any atom is -0.347 e. The fraction of sp³-hybridized carbons (Fsp3) is 0.167. The van der Waals surface area contributed by atoms with Gasteiger partial charge in [-0.2, -0.15) is 0 Å². The average molecular weight is 265 g/mol. The lowest BCUT2D eigenvalue weighted by Gasteiger charge is -2.17. The van der Waals surface area contributed by atoms with Crippen molar-refractivity contribution in [3.8, 4) is 0 Å². The van der Waals surface area contributed by atoms with Gasteiger partial charge in [0.1, 0.15) is 5.82 Å². The Kier molecular flexibility index (Phi) is 3.84. The number of hydrogen-bond acceptors (Lipinski definition) is 2. The van der Waals surface area contributed by atoms with E-state index in [1.54, 1.807) is 31.6 Å². The molecule has 0 aliphatic carbocycles. The lowest BCUT2D eigenvalue weighted by Crippen LogP contribution is -2.31. The average Bonchev–Trinajstić information content (AvgIpc) is 2.84. The molecular weight excluding hydrogens is 252 g/mol. The molecule has 0 bridgehead atoms. The Labute approximate surface area is 110 Å². The van der Waals surface area contributed by atoms with Crippen molar-refractivity contribution in [3.63, 3.8) is 0 Å². The predicted molar refractivity (Wildman–Crippen MR) is 70.5 cm³/mol.